The highest BCUT2D eigenvalue weighted by molar-refractivity contribution is 6.12. The monoisotopic (exact) mass is 337 g/mol. The van der Waals surface area contributed by atoms with Gasteiger partial charge < -0.3 is 10.6 Å². The van der Waals surface area contributed by atoms with Crippen molar-refractivity contribution in [3.63, 3.8) is 0 Å². The SMILES string of the molecule is CC(=O)Nc1ccc(NC(=O)c2cc(C)nc3c2c(C)nn3C)cc1. The van der Waals surface area contributed by atoms with Crippen LogP contribution in [0.5, 0.6) is 0 Å². The average Bonchev–Trinajstić information content (AvgIpc) is 2.82. The minimum absolute atomic E-state index is 0.140. The Balaban J connectivity index is 1.91. The maximum atomic E-state index is 12.8. The van der Waals surface area contributed by atoms with E-state index in [-0.39, 0.29) is 11.8 Å². The molecule has 3 rings (SSSR count). The molecule has 0 spiro atoms. The second-order valence-corrected chi connectivity index (χ2v) is 5.93. The molecule has 0 aliphatic heterocycles. The van der Waals surface area contributed by atoms with Crippen LogP contribution < -0.4 is 10.6 Å². The number of hydrogen-bond acceptors (Lipinski definition) is 4. The van der Waals surface area contributed by atoms with Crippen molar-refractivity contribution in [3.8, 4) is 0 Å². The molecule has 0 aliphatic carbocycles. The van der Waals surface area contributed by atoms with E-state index in [2.05, 4.69) is 20.7 Å². The summed E-state index contributed by atoms with van der Waals surface area (Å²) in [5, 5.41) is 10.7. The summed E-state index contributed by atoms with van der Waals surface area (Å²) in [5.74, 6) is -0.364. The zero-order valence-corrected chi connectivity index (χ0v) is 14.5. The number of fused-ring (bicyclic) bond motifs is 1. The first-order valence-corrected chi connectivity index (χ1v) is 7.85. The molecule has 128 valence electrons. The second-order valence-electron chi connectivity index (χ2n) is 5.93. The van der Waals surface area contributed by atoms with Crippen molar-refractivity contribution >= 4 is 34.2 Å². The topological polar surface area (TPSA) is 88.9 Å². The van der Waals surface area contributed by atoms with Gasteiger partial charge in [0.1, 0.15) is 0 Å². The molecule has 2 heterocycles. The van der Waals surface area contributed by atoms with Gasteiger partial charge >= 0.3 is 0 Å². The molecule has 2 amide bonds. The summed E-state index contributed by atoms with van der Waals surface area (Å²) < 4.78 is 1.68. The van der Waals surface area contributed by atoms with Gasteiger partial charge in [0.15, 0.2) is 5.65 Å². The van der Waals surface area contributed by atoms with Crippen molar-refractivity contribution in [2.75, 3.05) is 10.6 Å². The fourth-order valence-electron chi connectivity index (χ4n) is 2.79. The first kappa shape index (κ1) is 16.6. The lowest BCUT2D eigenvalue weighted by molar-refractivity contribution is -0.114. The van der Waals surface area contributed by atoms with Gasteiger partial charge in [0.05, 0.1) is 16.6 Å². The number of benzene rings is 1. The fourth-order valence-corrected chi connectivity index (χ4v) is 2.79. The van der Waals surface area contributed by atoms with E-state index in [9.17, 15) is 9.59 Å². The van der Waals surface area contributed by atoms with E-state index in [0.717, 1.165) is 16.8 Å². The third-order valence-electron chi connectivity index (χ3n) is 3.80. The maximum Gasteiger partial charge on any atom is 0.256 e. The molecule has 0 saturated carbocycles. The van der Waals surface area contributed by atoms with Crippen LogP contribution in [-0.2, 0) is 11.8 Å². The first-order valence-electron chi connectivity index (χ1n) is 7.85. The van der Waals surface area contributed by atoms with Crippen molar-refractivity contribution in [1.29, 1.82) is 0 Å². The Morgan fingerprint density at radius 1 is 1.04 bits per heavy atom. The number of aromatic nitrogens is 3. The molecule has 0 bridgehead atoms. The third kappa shape index (κ3) is 3.35. The number of hydrogen-bond donors (Lipinski definition) is 2. The Morgan fingerprint density at radius 3 is 2.24 bits per heavy atom. The van der Waals surface area contributed by atoms with Gasteiger partial charge in [-0.1, -0.05) is 0 Å². The molecule has 0 unspecified atom stereocenters. The molecule has 0 aliphatic rings. The number of nitrogens with zero attached hydrogens (tertiary/aromatic N) is 3. The Hall–Kier alpha value is -3.22. The zero-order valence-electron chi connectivity index (χ0n) is 14.5. The van der Waals surface area contributed by atoms with Crippen LogP contribution >= 0.6 is 0 Å². The summed E-state index contributed by atoms with van der Waals surface area (Å²) >= 11 is 0. The summed E-state index contributed by atoms with van der Waals surface area (Å²) in [6.45, 7) is 5.15. The van der Waals surface area contributed by atoms with E-state index in [0.29, 0.717) is 22.6 Å². The average molecular weight is 337 g/mol. The number of pyridine rings is 1. The van der Waals surface area contributed by atoms with E-state index in [1.54, 1.807) is 35.0 Å². The highest BCUT2D eigenvalue weighted by atomic mass is 16.2. The van der Waals surface area contributed by atoms with Gasteiger partial charge in [0, 0.05) is 31.0 Å². The predicted molar refractivity (Wildman–Crippen MR) is 96.7 cm³/mol. The van der Waals surface area contributed by atoms with E-state index < -0.39 is 0 Å². The zero-order chi connectivity index (χ0) is 18.1. The van der Waals surface area contributed by atoms with Crippen LogP contribution in [0.1, 0.15) is 28.7 Å². The minimum atomic E-state index is -0.223. The number of anilines is 2. The minimum Gasteiger partial charge on any atom is -0.326 e. The van der Waals surface area contributed by atoms with Crippen LogP contribution in [0.25, 0.3) is 11.0 Å². The van der Waals surface area contributed by atoms with Crippen LogP contribution in [0.4, 0.5) is 11.4 Å². The molecule has 2 aromatic heterocycles. The number of aryl methyl sites for hydroxylation is 3. The Labute approximate surface area is 145 Å². The lowest BCUT2D eigenvalue weighted by Crippen LogP contribution is -2.13. The van der Waals surface area contributed by atoms with Gasteiger partial charge in [0.2, 0.25) is 5.91 Å². The van der Waals surface area contributed by atoms with Crippen molar-refractivity contribution < 1.29 is 9.59 Å². The van der Waals surface area contributed by atoms with Crippen molar-refractivity contribution in [3.05, 3.63) is 47.3 Å². The van der Waals surface area contributed by atoms with Crippen molar-refractivity contribution in [1.82, 2.24) is 14.8 Å². The molecule has 1 aromatic carbocycles. The molecule has 7 heteroatoms. The van der Waals surface area contributed by atoms with Crippen molar-refractivity contribution in [2.45, 2.75) is 20.8 Å². The predicted octanol–water partition coefficient (Wildman–Crippen LogP) is 2.80. The summed E-state index contributed by atoms with van der Waals surface area (Å²) in [7, 11) is 1.81. The maximum absolute atomic E-state index is 12.8. The van der Waals surface area contributed by atoms with Crippen LogP contribution in [0.15, 0.2) is 30.3 Å². The largest absolute Gasteiger partial charge is 0.326 e. The molecule has 7 nitrogen and oxygen atoms in total. The number of carbonyl (C=O) groups is 2. The highest BCUT2D eigenvalue weighted by Gasteiger charge is 2.17. The van der Waals surface area contributed by atoms with Crippen LogP contribution in [0.2, 0.25) is 0 Å². The highest BCUT2D eigenvalue weighted by Crippen LogP contribution is 2.23. The molecule has 0 atom stereocenters. The lowest BCUT2D eigenvalue weighted by Gasteiger charge is -2.09. The van der Waals surface area contributed by atoms with E-state index in [1.807, 2.05) is 20.9 Å². The van der Waals surface area contributed by atoms with Gasteiger partial charge in [-0.05, 0) is 44.2 Å². The summed E-state index contributed by atoms with van der Waals surface area (Å²) in [4.78, 5) is 28.3. The van der Waals surface area contributed by atoms with Crippen LogP contribution in [0, 0.1) is 13.8 Å². The van der Waals surface area contributed by atoms with E-state index in [1.165, 1.54) is 6.92 Å². The Kier molecular flexibility index (Phi) is 4.22. The molecule has 0 fully saturated rings. The summed E-state index contributed by atoms with van der Waals surface area (Å²) in [6.07, 6.45) is 0. The van der Waals surface area contributed by atoms with Crippen LogP contribution in [0.3, 0.4) is 0 Å². The molecule has 3 aromatic rings. The molecular weight excluding hydrogens is 318 g/mol. The standard InChI is InChI=1S/C18H19N5O2/c1-10-9-15(16-11(2)22-23(4)17(16)19-10)18(25)21-14-7-5-13(6-8-14)20-12(3)24/h5-9H,1-4H3,(H,20,24)(H,21,25). The molecule has 2 N–H and O–H groups in total. The van der Waals surface area contributed by atoms with Crippen LogP contribution in [-0.4, -0.2) is 26.6 Å². The smallest absolute Gasteiger partial charge is 0.256 e. The Bertz CT molecular complexity index is 973. The lowest BCUT2D eigenvalue weighted by atomic mass is 10.1. The molecule has 0 radical (unpaired) electrons. The van der Waals surface area contributed by atoms with Crippen molar-refractivity contribution in [2.24, 2.45) is 7.05 Å². The van der Waals surface area contributed by atoms with E-state index in [4.69, 9.17) is 0 Å². The number of rotatable bonds is 3. The summed E-state index contributed by atoms with van der Waals surface area (Å²) in [5.41, 5.74) is 4.06. The second kappa shape index (κ2) is 6.35. The first-order chi connectivity index (χ1) is 11.8. The molecule has 25 heavy (non-hydrogen) atoms. The number of carbonyl (C=O) groups excluding carboxylic acids is 2. The van der Waals surface area contributed by atoms with Gasteiger partial charge in [-0.15, -0.1) is 0 Å². The quantitative estimate of drug-likeness (QED) is 0.769. The third-order valence-corrected chi connectivity index (χ3v) is 3.80. The van der Waals surface area contributed by atoms with Gasteiger partial charge in [0.25, 0.3) is 5.91 Å². The Morgan fingerprint density at radius 2 is 1.64 bits per heavy atom. The molecular formula is C18H19N5O2. The van der Waals surface area contributed by atoms with Gasteiger partial charge in [-0.3, -0.25) is 14.3 Å². The fraction of sp³-hybridized carbons (Fsp3) is 0.222. The van der Waals surface area contributed by atoms with E-state index >= 15 is 0 Å². The number of amides is 2. The number of nitrogens with one attached hydrogen (secondary N) is 2. The van der Waals surface area contributed by atoms with Gasteiger partial charge in [-0.25, -0.2) is 4.98 Å². The van der Waals surface area contributed by atoms with Gasteiger partial charge in [-0.2, -0.15) is 5.10 Å². The normalized spacial score (nSPS) is 10.7. The molecule has 0 saturated heterocycles. The summed E-state index contributed by atoms with van der Waals surface area (Å²) in [6, 6.07) is 8.71.